The van der Waals surface area contributed by atoms with Crippen LogP contribution in [0.15, 0.2) is 42.5 Å². The van der Waals surface area contributed by atoms with Crippen LogP contribution in [0.4, 0.5) is 4.39 Å². The Morgan fingerprint density at radius 3 is 2.48 bits per heavy atom. The second-order valence-electron chi connectivity index (χ2n) is 4.70. The molecule has 3 nitrogen and oxygen atoms in total. The molecule has 0 fully saturated rings. The van der Waals surface area contributed by atoms with Crippen LogP contribution in [0.2, 0.25) is 0 Å². The number of quaternary nitrogens is 1. The number of benzene rings is 2. The zero-order chi connectivity index (χ0) is 15.1. The van der Waals surface area contributed by atoms with Gasteiger partial charge in [0.05, 0.1) is 19.3 Å². The average Bonchev–Trinajstić information content (AvgIpc) is 2.51. The lowest BCUT2D eigenvalue weighted by Crippen LogP contribution is -2.80. The van der Waals surface area contributed by atoms with Crippen molar-refractivity contribution in [2.45, 2.75) is 20.0 Å². The third-order valence-corrected chi connectivity index (χ3v) is 3.23. The van der Waals surface area contributed by atoms with Crippen LogP contribution in [-0.4, -0.2) is 13.7 Å². The molecule has 0 aliphatic heterocycles. The Labute approximate surface area is 124 Å². The lowest BCUT2D eigenvalue weighted by molar-refractivity contribution is -0.686. The van der Waals surface area contributed by atoms with E-state index in [4.69, 9.17) is 9.47 Å². The monoisotopic (exact) mass is 290 g/mol. The summed E-state index contributed by atoms with van der Waals surface area (Å²) < 4.78 is 23.9. The normalized spacial score (nSPS) is 10.4. The molecule has 2 N–H and O–H groups in total. The van der Waals surface area contributed by atoms with Gasteiger partial charge in [-0.25, -0.2) is 4.39 Å². The van der Waals surface area contributed by atoms with Crippen molar-refractivity contribution in [3.05, 3.63) is 59.4 Å². The molecule has 0 aliphatic rings. The average molecular weight is 290 g/mol. The Hall–Kier alpha value is -2.07. The summed E-state index contributed by atoms with van der Waals surface area (Å²) in [6.07, 6.45) is 0. The van der Waals surface area contributed by atoms with Crippen LogP contribution >= 0.6 is 0 Å². The maximum absolute atomic E-state index is 12.9. The fraction of sp³-hybridized carbons (Fsp3) is 0.294. The molecule has 0 spiro atoms. The van der Waals surface area contributed by atoms with Crippen molar-refractivity contribution in [3.63, 3.8) is 0 Å². The summed E-state index contributed by atoms with van der Waals surface area (Å²) in [4.78, 5) is 0. The second kappa shape index (κ2) is 7.64. The van der Waals surface area contributed by atoms with Crippen LogP contribution in [0.3, 0.4) is 0 Å². The second-order valence-corrected chi connectivity index (χ2v) is 4.70. The molecule has 21 heavy (non-hydrogen) atoms. The van der Waals surface area contributed by atoms with Gasteiger partial charge in [-0.2, -0.15) is 0 Å². The van der Waals surface area contributed by atoms with Gasteiger partial charge < -0.3 is 14.8 Å². The molecule has 2 rings (SSSR count). The minimum absolute atomic E-state index is 0.204. The number of hydrogen-bond acceptors (Lipinski definition) is 2. The third-order valence-electron chi connectivity index (χ3n) is 3.23. The number of nitrogens with two attached hydrogens (primary N) is 1. The Balaban J connectivity index is 2.00. The van der Waals surface area contributed by atoms with Gasteiger partial charge in [-0.15, -0.1) is 0 Å². The van der Waals surface area contributed by atoms with Crippen LogP contribution in [0.1, 0.15) is 18.1 Å². The first-order valence-corrected chi connectivity index (χ1v) is 7.09. The van der Waals surface area contributed by atoms with E-state index >= 15 is 0 Å². The van der Waals surface area contributed by atoms with Crippen molar-refractivity contribution in [1.29, 1.82) is 0 Å². The Bertz CT molecular complexity index is 570. The van der Waals surface area contributed by atoms with E-state index in [9.17, 15) is 4.39 Å². The smallest absolute Gasteiger partial charge is 0.169 e. The summed E-state index contributed by atoms with van der Waals surface area (Å²) >= 11 is 0. The highest BCUT2D eigenvalue weighted by Crippen LogP contribution is 2.30. The van der Waals surface area contributed by atoms with E-state index in [2.05, 4.69) is 5.32 Å². The number of halogens is 1. The van der Waals surface area contributed by atoms with Crippen molar-refractivity contribution in [2.24, 2.45) is 0 Å². The summed E-state index contributed by atoms with van der Waals surface area (Å²) in [7, 11) is 1.64. The molecule has 2 aromatic rings. The molecule has 0 amide bonds. The van der Waals surface area contributed by atoms with E-state index in [-0.39, 0.29) is 5.82 Å². The Morgan fingerprint density at radius 1 is 1.05 bits per heavy atom. The quantitative estimate of drug-likeness (QED) is 0.850. The number of rotatable bonds is 7. The maximum atomic E-state index is 12.9. The van der Waals surface area contributed by atoms with E-state index in [1.807, 2.05) is 25.1 Å². The topological polar surface area (TPSA) is 35.1 Å². The predicted octanol–water partition coefficient (Wildman–Crippen LogP) is 2.50. The summed E-state index contributed by atoms with van der Waals surface area (Å²) in [5.41, 5.74) is 2.19. The van der Waals surface area contributed by atoms with E-state index in [0.717, 1.165) is 35.7 Å². The van der Waals surface area contributed by atoms with Crippen LogP contribution in [-0.2, 0) is 13.1 Å². The predicted molar refractivity (Wildman–Crippen MR) is 79.9 cm³/mol. The highest BCUT2D eigenvalue weighted by Gasteiger charge is 2.11. The fourth-order valence-corrected chi connectivity index (χ4v) is 2.21. The lowest BCUT2D eigenvalue weighted by atomic mass is 10.1. The van der Waals surface area contributed by atoms with Crippen molar-refractivity contribution >= 4 is 0 Å². The number of hydrogen-bond donors (Lipinski definition) is 1. The van der Waals surface area contributed by atoms with E-state index < -0.39 is 0 Å². The molecule has 0 saturated carbocycles. The molecule has 112 valence electrons. The highest BCUT2D eigenvalue weighted by molar-refractivity contribution is 5.46. The molecule has 0 heterocycles. The maximum Gasteiger partial charge on any atom is 0.169 e. The van der Waals surface area contributed by atoms with Crippen molar-refractivity contribution in [3.8, 4) is 11.5 Å². The van der Waals surface area contributed by atoms with Crippen LogP contribution in [0.25, 0.3) is 0 Å². The Kier molecular flexibility index (Phi) is 5.58. The molecule has 0 saturated heterocycles. The minimum atomic E-state index is -0.204. The van der Waals surface area contributed by atoms with E-state index in [0.29, 0.717) is 6.61 Å². The summed E-state index contributed by atoms with van der Waals surface area (Å²) in [5, 5.41) is 2.16. The largest absolute Gasteiger partial charge is 0.493 e. The van der Waals surface area contributed by atoms with Crippen LogP contribution in [0, 0.1) is 5.82 Å². The molecule has 4 heteroatoms. The van der Waals surface area contributed by atoms with Gasteiger partial charge in [0.2, 0.25) is 0 Å². The van der Waals surface area contributed by atoms with E-state index in [1.54, 1.807) is 19.2 Å². The molecule has 2 aromatic carbocycles. The first-order chi connectivity index (χ1) is 10.2. The van der Waals surface area contributed by atoms with Gasteiger partial charge in [0.15, 0.2) is 11.5 Å². The highest BCUT2D eigenvalue weighted by atomic mass is 19.1. The molecular formula is C17H21FNO2+. The summed E-state index contributed by atoms with van der Waals surface area (Å²) in [6, 6.07) is 12.5. The third kappa shape index (κ3) is 4.20. The SMILES string of the molecule is CCOc1c(C[NH2+]Cc2ccc(F)cc2)cccc1OC. The van der Waals surface area contributed by atoms with Gasteiger partial charge in [0.1, 0.15) is 18.9 Å². The van der Waals surface area contributed by atoms with Crippen molar-refractivity contribution in [2.75, 3.05) is 13.7 Å². The molecular weight excluding hydrogens is 269 g/mol. The Morgan fingerprint density at radius 2 is 1.81 bits per heavy atom. The number of para-hydroxylation sites is 1. The van der Waals surface area contributed by atoms with Crippen LogP contribution in [0.5, 0.6) is 11.5 Å². The summed E-state index contributed by atoms with van der Waals surface area (Å²) in [6.45, 7) is 4.14. The zero-order valence-electron chi connectivity index (χ0n) is 12.4. The molecule has 0 aliphatic carbocycles. The van der Waals surface area contributed by atoms with Crippen LogP contribution < -0.4 is 14.8 Å². The number of methoxy groups -OCH3 is 1. The first-order valence-electron chi connectivity index (χ1n) is 7.09. The standard InChI is InChI=1S/C17H20FNO2/c1-3-21-17-14(5-4-6-16(17)20-2)12-19-11-13-7-9-15(18)10-8-13/h4-10,19H,3,11-12H2,1-2H3/p+1. The number of ether oxygens (including phenoxy) is 2. The first kappa shape index (κ1) is 15.3. The lowest BCUT2D eigenvalue weighted by Gasteiger charge is -2.13. The molecule has 0 radical (unpaired) electrons. The van der Waals surface area contributed by atoms with E-state index in [1.165, 1.54) is 12.1 Å². The summed E-state index contributed by atoms with van der Waals surface area (Å²) in [5.74, 6) is 1.35. The van der Waals surface area contributed by atoms with Gasteiger partial charge in [0, 0.05) is 5.56 Å². The van der Waals surface area contributed by atoms with Gasteiger partial charge >= 0.3 is 0 Å². The molecule has 0 aromatic heterocycles. The van der Waals surface area contributed by atoms with Gasteiger partial charge in [-0.1, -0.05) is 18.2 Å². The van der Waals surface area contributed by atoms with Crippen molar-refractivity contribution < 1.29 is 19.2 Å². The minimum Gasteiger partial charge on any atom is -0.493 e. The van der Waals surface area contributed by atoms with Gasteiger partial charge in [0.25, 0.3) is 0 Å². The molecule has 0 bridgehead atoms. The van der Waals surface area contributed by atoms with Gasteiger partial charge in [-0.3, -0.25) is 0 Å². The molecule has 0 atom stereocenters. The zero-order valence-corrected chi connectivity index (χ0v) is 12.4. The van der Waals surface area contributed by atoms with Crippen molar-refractivity contribution in [1.82, 2.24) is 0 Å². The fourth-order valence-electron chi connectivity index (χ4n) is 2.21. The van der Waals surface area contributed by atoms with Gasteiger partial charge in [-0.05, 0) is 31.2 Å². The molecule has 0 unspecified atom stereocenters.